The second-order valence-electron chi connectivity index (χ2n) is 11.4. The summed E-state index contributed by atoms with van der Waals surface area (Å²) in [5.41, 5.74) is 5.21. The van der Waals surface area contributed by atoms with Gasteiger partial charge in [0.2, 0.25) is 5.91 Å². The number of aromatic nitrogens is 1. The maximum atomic E-state index is 13.6. The number of carbonyl (C=O) groups is 2. The Hall–Kier alpha value is -4.59. The van der Waals surface area contributed by atoms with E-state index >= 15 is 0 Å². The van der Waals surface area contributed by atoms with Crippen LogP contribution in [-0.2, 0) is 17.8 Å². The Morgan fingerprint density at radius 2 is 1.88 bits per heavy atom. The molecule has 2 unspecified atom stereocenters. The van der Waals surface area contributed by atoms with Crippen LogP contribution in [0.3, 0.4) is 0 Å². The Labute approximate surface area is 245 Å². The van der Waals surface area contributed by atoms with E-state index < -0.39 is 5.72 Å². The van der Waals surface area contributed by atoms with Crippen LogP contribution in [0.25, 0.3) is 0 Å². The fourth-order valence-corrected chi connectivity index (χ4v) is 6.03. The van der Waals surface area contributed by atoms with Crippen molar-refractivity contribution >= 4 is 17.5 Å². The maximum Gasteiger partial charge on any atom is 0.251 e. The van der Waals surface area contributed by atoms with Crippen LogP contribution in [-0.4, -0.2) is 29.2 Å². The fraction of sp³-hybridized carbons (Fsp3) is 0.324. The molecule has 2 amide bonds. The van der Waals surface area contributed by atoms with Gasteiger partial charge in [0.1, 0.15) is 12.4 Å². The first-order chi connectivity index (χ1) is 20.2. The summed E-state index contributed by atoms with van der Waals surface area (Å²) in [5.74, 6) is 1.75. The number of amides is 2. The van der Waals surface area contributed by atoms with E-state index in [1.165, 1.54) is 11.1 Å². The van der Waals surface area contributed by atoms with Crippen molar-refractivity contribution in [3.05, 3.63) is 106 Å². The third-order valence-corrected chi connectivity index (χ3v) is 8.28. The van der Waals surface area contributed by atoms with Gasteiger partial charge in [-0.2, -0.15) is 0 Å². The van der Waals surface area contributed by atoms with E-state index in [0.717, 1.165) is 29.0 Å². The van der Waals surface area contributed by atoms with Crippen LogP contribution in [0.1, 0.15) is 69.7 Å². The van der Waals surface area contributed by atoms with E-state index in [4.69, 9.17) is 14.0 Å². The summed E-state index contributed by atoms with van der Waals surface area (Å²) in [7, 11) is 0. The average molecular weight is 566 g/mol. The number of nitrogens with zero attached hydrogens (tertiary/aromatic N) is 2. The van der Waals surface area contributed by atoms with Crippen molar-refractivity contribution in [2.45, 2.75) is 65.2 Å². The molecule has 42 heavy (non-hydrogen) atoms. The molecule has 3 aromatic carbocycles. The van der Waals surface area contributed by atoms with Gasteiger partial charge in [0.15, 0.2) is 17.2 Å². The molecular weight excluding hydrogens is 530 g/mol. The van der Waals surface area contributed by atoms with Crippen LogP contribution in [0.4, 0.5) is 5.69 Å². The van der Waals surface area contributed by atoms with Crippen LogP contribution in [0.15, 0.2) is 71.3 Å². The number of aryl methyl sites for hydroxylation is 3. The molecular formula is C34H35N3O5. The smallest absolute Gasteiger partial charge is 0.251 e. The van der Waals surface area contributed by atoms with Gasteiger partial charge in [0, 0.05) is 42.1 Å². The van der Waals surface area contributed by atoms with Crippen molar-refractivity contribution in [2.75, 3.05) is 11.4 Å². The quantitative estimate of drug-likeness (QED) is 0.275. The number of hydrogen-bond donors (Lipinski definition) is 1. The van der Waals surface area contributed by atoms with Gasteiger partial charge < -0.3 is 19.3 Å². The number of anilines is 1. The van der Waals surface area contributed by atoms with Crippen LogP contribution in [0.5, 0.6) is 11.5 Å². The Balaban J connectivity index is 1.21. The first-order valence-electron chi connectivity index (χ1n) is 14.4. The summed E-state index contributed by atoms with van der Waals surface area (Å²) in [6, 6.07) is 21.3. The number of ether oxygens (including phenoxy) is 2. The van der Waals surface area contributed by atoms with E-state index in [2.05, 4.69) is 41.7 Å². The zero-order valence-corrected chi connectivity index (χ0v) is 24.4. The standard InChI is InChI=1S/C34H35N3O5/c1-21-11-13-24(14-12-21)15-16-35-33(39)25-7-5-8-27(17-25)37-31(38)18-26-19-34(37,4)41-32-28(26)9-6-10-30(32)40-20-29-22(2)36-42-23(29)3/h5-14,17,26H,15-16,18-20H2,1-4H3,(H,35,39). The number of carbonyl (C=O) groups excluding carboxylic acids is 2. The second-order valence-corrected chi connectivity index (χ2v) is 11.4. The third-order valence-electron chi connectivity index (χ3n) is 8.28. The summed E-state index contributed by atoms with van der Waals surface area (Å²) in [6.45, 7) is 8.55. The second kappa shape index (κ2) is 11.0. The maximum absolute atomic E-state index is 13.6. The fourth-order valence-electron chi connectivity index (χ4n) is 6.03. The van der Waals surface area contributed by atoms with Crippen molar-refractivity contribution in [1.29, 1.82) is 0 Å². The highest BCUT2D eigenvalue weighted by atomic mass is 16.5. The van der Waals surface area contributed by atoms with Gasteiger partial charge in [0.05, 0.1) is 11.3 Å². The van der Waals surface area contributed by atoms with Gasteiger partial charge in [-0.15, -0.1) is 0 Å². The van der Waals surface area contributed by atoms with Crippen LogP contribution >= 0.6 is 0 Å². The van der Waals surface area contributed by atoms with E-state index in [-0.39, 0.29) is 17.7 Å². The zero-order valence-electron chi connectivity index (χ0n) is 24.4. The number of fused-ring (bicyclic) bond motifs is 4. The molecule has 8 heteroatoms. The lowest BCUT2D eigenvalue weighted by Gasteiger charge is -2.50. The number of benzene rings is 3. The highest BCUT2D eigenvalue weighted by Gasteiger charge is 2.50. The number of hydrogen-bond acceptors (Lipinski definition) is 6. The number of nitrogens with one attached hydrogen (secondary N) is 1. The molecule has 3 heterocycles. The van der Waals surface area contributed by atoms with Gasteiger partial charge >= 0.3 is 0 Å². The molecule has 2 aliphatic heterocycles. The predicted molar refractivity (Wildman–Crippen MR) is 159 cm³/mol. The number of piperidine rings is 1. The highest BCUT2D eigenvalue weighted by molar-refractivity contribution is 5.99. The van der Waals surface area contributed by atoms with E-state index in [1.807, 2.05) is 51.1 Å². The average Bonchev–Trinajstić information content (AvgIpc) is 3.29. The minimum Gasteiger partial charge on any atom is -0.485 e. The summed E-state index contributed by atoms with van der Waals surface area (Å²) in [6.07, 6.45) is 1.71. The Kier molecular flexibility index (Phi) is 7.22. The summed E-state index contributed by atoms with van der Waals surface area (Å²) in [4.78, 5) is 28.3. The first kappa shape index (κ1) is 27.6. The SMILES string of the molecule is Cc1ccc(CCNC(=O)c2cccc(N3C(=O)CC4CC3(C)Oc3c(OCc5c(C)noc5C)cccc34)c2)cc1. The first-order valence-corrected chi connectivity index (χ1v) is 14.4. The van der Waals surface area contributed by atoms with Crippen LogP contribution < -0.4 is 19.7 Å². The molecule has 2 bridgehead atoms. The minimum absolute atomic E-state index is 0.00151. The molecule has 2 atom stereocenters. The van der Waals surface area contributed by atoms with Crippen molar-refractivity contribution in [3.63, 3.8) is 0 Å². The predicted octanol–water partition coefficient (Wildman–Crippen LogP) is 6.17. The van der Waals surface area contributed by atoms with E-state index in [1.54, 1.807) is 17.0 Å². The van der Waals surface area contributed by atoms with Gasteiger partial charge in [-0.05, 0) is 63.9 Å². The summed E-state index contributed by atoms with van der Waals surface area (Å²) < 4.78 is 18.2. The Bertz CT molecular complexity index is 1620. The van der Waals surface area contributed by atoms with Crippen molar-refractivity contribution in [1.82, 2.24) is 10.5 Å². The van der Waals surface area contributed by atoms with Crippen molar-refractivity contribution in [2.24, 2.45) is 0 Å². The topological polar surface area (TPSA) is 93.9 Å². The Morgan fingerprint density at radius 3 is 2.64 bits per heavy atom. The number of para-hydroxylation sites is 1. The molecule has 1 aromatic heterocycles. The molecule has 216 valence electrons. The molecule has 1 N–H and O–H groups in total. The normalized spacial score (nSPS) is 19.2. The monoisotopic (exact) mass is 565 g/mol. The minimum atomic E-state index is -0.948. The van der Waals surface area contributed by atoms with Gasteiger partial charge in [-0.25, -0.2) is 0 Å². The molecule has 0 saturated carbocycles. The summed E-state index contributed by atoms with van der Waals surface area (Å²) >= 11 is 0. The van der Waals surface area contributed by atoms with Crippen LogP contribution in [0.2, 0.25) is 0 Å². The molecule has 8 nitrogen and oxygen atoms in total. The molecule has 0 aliphatic carbocycles. The molecule has 1 saturated heterocycles. The van der Waals surface area contributed by atoms with Crippen LogP contribution in [0, 0.1) is 20.8 Å². The molecule has 0 spiro atoms. The van der Waals surface area contributed by atoms with Gasteiger partial charge in [-0.3, -0.25) is 14.5 Å². The van der Waals surface area contributed by atoms with E-state index in [0.29, 0.717) is 48.7 Å². The number of rotatable bonds is 8. The largest absolute Gasteiger partial charge is 0.485 e. The summed E-state index contributed by atoms with van der Waals surface area (Å²) in [5, 5.41) is 7.03. The van der Waals surface area contributed by atoms with Crippen molar-refractivity contribution < 1.29 is 23.6 Å². The molecule has 6 rings (SSSR count). The molecule has 2 aliphatic rings. The Morgan fingerprint density at radius 1 is 1.10 bits per heavy atom. The van der Waals surface area contributed by atoms with Gasteiger partial charge in [0.25, 0.3) is 5.91 Å². The lowest BCUT2D eigenvalue weighted by Crippen LogP contribution is -2.60. The highest BCUT2D eigenvalue weighted by Crippen LogP contribution is 2.52. The van der Waals surface area contributed by atoms with E-state index in [9.17, 15) is 9.59 Å². The lowest BCUT2D eigenvalue weighted by atomic mass is 9.80. The molecule has 4 aromatic rings. The van der Waals surface area contributed by atoms with Gasteiger partial charge in [-0.1, -0.05) is 53.2 Å². The lowest BCUT2D eigenvalue weighted by molar-refractivity contribution is -0.127. The third kappa shape index (κ3) is 5.24. The molecule has 1 fully saturated rings. The molecule has 0 radical (unpaired) electrons. The van der Waals surface area contributed by atoms with Crippen molar-refractivity contribution in [3.8, 4) is 11.5 Å². The zero-order chi connectivity index (χ0) is 29.4.